The molecular formula is C17H22ClNO. The summed E-state index contributed by atoms with van der Waals surface area (Å²) >= 11 is 6.09. The monoisotopic (exact) mass is 291 g/mol. The van der Waals surface area contributed by atoms with Crippen molar-refractivity contribution < 1.29 is 4.79 Å². The van der Waals surface area contributed by atoms with Crippen LogP contribution in [0.15, 0.2) is 24.3 Å². The summed E-state index contributed by atoms with van der Waals surface area (Å²) in [5, 5.41) is 0.728. The number of benzene rings is 1. The molecule has 1 amide bonds. The van der Waals surface area contributed by atoms with E-state index in [0.717, 1.165) is 55.3 Å². The van der Waals surface area contributed by atoms with Gasteiger partial charge in [-0.1, -0.05) is 30.7 Å². The maximum Gasteiger partial charge on any atom is 0.233 e. The van der Waals surface area contributed by atoms with Gasteiger partial charge in [0.05, 0.1) is 5.41 Å². The second kappa shape index (κ2) is 5.40. The van der Waals surface area contributed by atoms with Gasteiger partial charge >= 0.3 is 0 Å². The van der Waals surface area contributed by atoms with Gasteiger partial charge in [-0.25, -0.2) is 0 Å². The van der Waals surface area contributed by atoms with E-state index in [1.165, 1.54) is 6.42 Å². The molecule has 2 nitrogen and oxygen atoms in total. The molecule has 0 bridgehead atoms. The summed E-state index contributed by atoms with van der Waals surface area (Å²) in [5.74, 6) is 1.07. The van der Waals surface area contributed by atoms with E-state index in [4.69, 9.17) is 11.6 Å². The Kier molecular flexibility index (Phi) is 3.76. The number of hydrogen-bond acceptors (Lipinski definition) is 1. The minimum Gasteiger partial charge on any atom is -0.342 e. The van der Waals surface area contributed by atoms with E-state index in [9.17, 15) is 4.79 Å². The number of nitrogens with zero attached hydrogens (tertiary/aromatic N) is 1. The van der Waals surface area contributed by atoms with Gasteiger partial charge in [-0.2, -0.15) is 0 Å². The summed E-state index contributed by atoms with van der Waals surface area (Å²) in [7, 11) is 0. The van der Waals surface area contributed by atoms with Gasteiger partial charge < -0.3 is 4.90 Å². The molecule has 3 heteroatoms. The molecule has 1 aromatic carbocycles. The standard InChI is InChI=1S/C17H22ClNO/c1-13-4-3-10-19(11-7-13)16(20)17(8-9-17)14-5-2-6-15(18)12-14/h2,5-6,12-13H,3-4,7-11H2,1H3. The summed E-state index contributed by atoms with van der Waals surface area (Å²) in [6, 6.07) is 7.85. The fourth-order valence-corrected chi connectivity index (χ4v) is 3.50. The normalized spacial score (nSPS) is 25.1. The number of halogens is 1. The smallest absolute Gasteiger partial charge is 0.233 e. The molecule has 2 aliphatic rings. The van der Waals surface area contributed by atoms with Gasteiger partial charge in [-0.05, 0) is 55.7 Å². The Labute approximate surface area is 126 Å². The Morgan fingerprint density at radius 3 is 2.80 bits per heavy atom. The molecule has 108 valence electrons. The molecular weight excluding hydrogens is 270 g/mol. The van der Waals surface area contributed by atoms with Crippen LogP contribution in [-0.2, 0) is 10.2 Å². The van der Waals surface area contributed by atoms with Crippen molar-refractivity contribution in [2.75, 3.05) is 13.1 Å². The molecule has 20 heavy (non-hydrogen) atoms. The summed E-state index contributed by atoms with van der Waals surface area (Å²) in [5.41, 5.74) is 0.839. The van der Waals surface area contributed by atoms with Crippen molar-refractivity contribution in [1.82, 2.24) is 4.90 Å². The zero-order valence-electron chi connectivity index (χ0n) is 12.1. The lowest BCUT2D eigenvalue weighted by atomic mass is 9.94. The highest BCUT2D eigenvalue weighted by Gasteiger charge is 2.53. The second-order valence-corrected chi connectivity index (χ2v) is 6.86. The van der Waals surface area contributed by atoms with Gasteiger partial charge in [0.15, 0.2) is 0 Å². The maximum atomic E-state index is 12.9. The SMILES string of the molecule is CC1CCCN(C(=O)C2(c3cccc(Cl)c3)CC2)CC1. The predicted octanol–water partition coefficient (Wildman–Crippen LogP) is 4.02. The Morgan fingerprint density at radius 1 is 1.30 bits per heavy atom. The summed E-state index contributed by atoms with van der Waals surface area (Å²) in [6.07, 6.45) is 5.46. The highest BCUT2D eigenvalue weighted by molar-refractivity contribution is 6.30. The van der Waals surface area contributed by atoms with Gasteiger partial charge in [0.1, 0.15) is 0 Å². The number of hydrogen-bond donors (Lipinski definition) is 0. The van der Waals surface area contributed by atoms with Crippen LogP contribution in [0, 0.1) is 5.92 Å². The lowest BCUT2D eigenvalue weighted by Gasteiger charge is -2.26. The van der Waals surface area contributed by atoms with Crippen molar-refractivity contribution in [3.63, 3.8) is 0 Å². The average Bonchev–Trinajstić information content (AvgIpc) is 3.23. The third kappa shape index (κ3) is 2.58. The number of likely N-dealkylation sites (tertiary alicyclic amines) is 1. The number of carbonyl (C=O) groups excluding carboxylic acids is 1. The first-order valence-corrected chi connectivity index (χ1v) is 8.05. The lowest BCUT2D eigenvalue weighted by molar-refractivity contribution is -0.133. The zero-order chi connectivity index (χ0) is 14.2. The predicted molar refractivity (Wildman–Crippen MR) is 82.0 cm³/mol. The van der Waals surface area contributed by atoms with Crippen molar-refractivity contribution in [1.29, 1.82) is 0 Å². The lowest BCUT2D eigenvalue weighted by Crippen LogP contribution is -2.40. The second-order valence-electron chi connectivity index (χ2n) is 6.42. The minimum atomic E-state index is -0.265. The first-order chi connectivity index (χ1) is 9.62. The molecule has 2 fully saturated rings. The van der Waals surface area contributed by atoms with E-state index in [0.29, 0.717) is 5.91 Å². The Morgan fingerprint density at radius 2 is 2.10 bits per heavy atom. The van der Waals surface area contributed by atoms with Gasteiger partial charge in [-0.3, -0.25) is 4.79 Å². The van der Waals surface area contributed by atoms with Crippen molar-refractivity contribution in [2.24, 2.45) is 5.92 Å². The molecule has 0 N–H and O–H groups in total. The Balaban J connectivity index is 1.79. The number of carbonyl (C=O) groups is 1. The van der Waals surface area contributed by atoms with E-state index < -0.39 is 0 Å². The molecule has 1 saturated carbocycles. The molecule has 1 aliphatic carbocycles. The summed E-state index contributed by atoms with van der Waals surface area (Å²) < 4.78 is 0. The highest BCUT2D eigenvalue weighted by atomic mass is 35.5. The molecule has 1 aliphatic heterocycles. The minimum absolute atomic E-state index is 0.265. The van der Waals surface area contributed by atoms with Gasteiger partial charge in [0.2, 0.25) is 5.91 Å². The fourth-order valence-electron chi connectivity index (χ4n) is 3.31. The average molecular weight is 292 g/mol. The quantitative estimate of drug-likeness (QED) is 0.806. The molecule has 1 aromatic rings. The molecule has 0 aromatic heterocycles. The fraction of sp³-hybridized carbons (Fsp3) is 0.588. The molecule has 1 unspecified atom stereocenters. The van der Waals surface area contributed by atoms with E-state index in [2.05, 4.69) is 17.9 Å². The molecule has 3 rings (SSSR count). The van der Waals surface area contributed by atoms with Crippen LogP contribution in [0.4, 0.5) is 0 Å². The van der Waals surface area contributed by atoms with Crippen LogP contribution in [0.5, 0.6) is 0 Å². The molecule has 0 radical (unpaired) electrons. The van der Waals surface area contributed by atoms with E-state index in [-0.39, 0.29) is 5.41 Å². The van der Waals surface area contributed by atoms with Crippen LogP contribution < -0.4 is 0 Å². The van der Waals surface area contributed by atoms with Crippen molar-refractivity contribution >= 4 is 17.5 Å². The van der Waals surface area contributed by atoms with Crippen LogP contribution in [0.1, 0.15) is 44.6 Å². The Bertz CT molecular complexity index is 509. The first-order valence-electron chi connectivity index (χ1n) is 7.67. The summed E-state index contributed by atoms with van der Waals surface area (Å²) in [6.45, 7) is 4.13. The molecule has 0 spiro atoms. The van der Waals surface area contributed by atoms with Gasteiger partial charge in [-0.15, -0.1) is 0 Å². The first kappa shape index (κ1) is 13.9. The van der Waals surface area contributed by atoms with Crippen LogP contribution >= 0.6 is 11.6 Å². The van der Waals surface area contributed by atoms with Crippen LogP contribution in [0.3, 0.4) is 0 Å². The molecule has 1 heterocycles. The Hall–Kier alpha value is -1.02. The van der Waals surface area contributed by atoms with Crippen molar-refractivity contribution in [3.8, 4) is 0 Å². The molecule has 1 atom stereocenters. The number of rotatable bonds is 2. The van der Waals surface area contributed by atoms with Crippen LogP contribution in [0.25, 0.3) is 0 Å². The van der Waals surface area contributed by atoms with E-state index in [1.54, 1.807) is 0 Å². The zero-order valence-corrected chi connectivity index (χ0v) is 12.8. The highest BCUT2D eigenvalue weighted by Crippen LogP contribution is 2.50. The largest absolute Gasteiger partial charge is 0.342 e. The topological polar surface area (TPSA) is 20.3 Å². The van der Waals surface area contributed by atoms with Crippen LogP contribution in [0.2, 0.25) is 5.02 Å². The van der Waals surface area contributed by atoms with Gasteiger partial charge in [0.25, 0.3) is 0 Å². The van der Waals surface area contributed by atoms with E-state index in [1.807, 2.05) is 18.2 Å². The number of amides is 1. The van der Waals surface area contributed by atoms with E-state index >= 15 is 0 Å². The third-order valence-corrected chi connectivity index (χ3v) is 5.08. The van der Waals surface area contributed by atoms with Gasteiger partial charge in [0, 0.05) is 18.1 Å². The van der Waals surface area contributed by atoms with Crippen molar-refractivity contribution in [2.45, 2.75) is 44.4 Å². The molecule has 1 saturated heterocycles. The third-order valence-electron chi connectivity index (χ3n) is 4.84. The summed E-state index contributed by atoms with van der Waals surface area (Å²) in [4.78, 5) is 15.0. The maximum absolute atomic E-state index is 12.9. The van der Waals surface area contributed by atoms with Crippen molar-refractivity contribution in [3.05, 3.63) is 34.9 Å². The van der Waals surface area contributed by atoms with Crippen LogP contribution in [-0.4, -0.2) is 23.9 Å².